The second-order valence-corrected chi connectivity index (χ2v) is 7.14. The highest BCUT2D eigenvalue weighted by molar-refractivity contribution is 9.10. The number of nitrogens with zero attached hydrogens (tertiary/aromatic N) is 2. The quantitative estimate of drug-likeness (QED) is 0.682. The van der Waals surface area contributed by atoms with Gasteiger partial charge in [-0.25, -0.2) is 9.97 Å². The van der Waals surface area contributed by atoms with Gasteiger partial charge < -0.3 is 0 Å². The molecule has 2 nitrogen and oxygen atoms in total. The van der Waals surface area contributed by atoms with Gasteiger partial charge in [-0.1, -0.05) is 35.9 Å². The molecule has 0 N–H and O–H groups in total. The van der Waals surface area contributed by atoms with Crippen LogP contribution in [0.3, 0.4) is 0 Å². The molecule has 1 aromatic carbocycles. The smallest absolute Gasteiger partial charge is 0.147 e. The van der Waals surface area contributed by atoms with Gasteiger partial charge in [-0.05, 0) is 59.2 Å². The summed E-state index contributed by atoms with van der Waals surface area (Å²) in [6.07, 6.45) is 5.89. The van der Waals surface area contributed by atoms with Crippen LogP contribution in [0.25, 0.3) is 0 Å². The number of hydrogen-bond donors (Lipinski definition) is 0. The average molecular weight is 364 g/mol. The summed E-state index contributed by atoms with van der Waals surface area (Å²) < 4.78 is 0.888. The molecule has 2 aromatic rings. The maximum atomic E-state index is 6.34. The number of aromatic nitrogens is 2. The van der Waals surface area contributed by atoms with Crippen LogP contribution < -0.4 is 0 Å². The topological polar surface area (TPSA) is 25.8 Å². The fourth-order valence-electron chi connectivity index (χ4n) is 3.26. The molecule has 108 valence electrons. The fraction of sp³-hybridized carbons (Fsp3) is 0.412. The number of aryl methyl sites for hydroxylation is 1. The second-order valence-electron chi connectivity index (χ2n) is 5.99. The Labute approximate surface area is 138 Å². The van der Waals surface area contributed by atoms with Gasteiger partial charge in [0.2, 0.25) is 0 Å². The van der Waals surface area contributed by atoms with Gasteiger partial charge in [-0.15, -0.1) is 0 Å². The first-order valence-electron chi connectivity index (χ1n) is 7.54. The Morgan fingerprint density at radius 3 is 2.71 bits per heavy atom. The van der Waals surface area contributed by atoms with E-state index in [9.17, 15) is 0 Å². The van der Waals surface area contributed by atoms with Crippen LogP contribution >= 0.6 is 27.5 Å². The summed E-state index contributed by atoms with van der Waals surface area (Å²) in [5.41, 5.74) is 3.92. The normalized spacial score (nSPS) is 21.1. The molecule has 1 fully saturated rings. The van der Waals surface area contributed by atoms with E-state index in [1.165, 1.54) is 30.4 Å². The van der Waals surface area contributed by atoms with Crippen molar-refractivity contribution >= 4 is 27.5 Å². The van der Waals surface area contributed by atoms with Gasteiger partial charge >= 0.3 is 0 Å². The molecule has 0 saturated heterocycles. The SMILES string of the molecule is Clc1nc(C2CCCc3ccccc32)nc(C2CC2)c1Br. The van der Waals surface area contributed by atoms with E-state index in [0.717, 1.165) is 28.8 Å². The van der Waals surface area contributed by atoms with Crippen LogP contribution in [0.2, 0.25) is 5.15 Å². The first-order chi connectivity index (χ1) is 10.2. The Balaban J connectivity index is 1.81. The predicted octanol–water partition coefficient (Wildman–Crippen LogP) is 5.24. The zero-order chi connectivity index (χ0) is 14.4. The van der Waals surface area contributed by atoms with Gasteiger partial charge in [0.15, 0.2) is 0 Å². The van der Waals surface area contributed by atoms with Crippen LogP contribution in [0.4, 0.5) is 0 Å². The summed E-state index contributed by atoms with van der Waals surface area (Å²) in [5, 5.41) is 0.560. The average Bonchev–Trinajstić information content (AvgIpc) is 3.34. The maximum Gasteiger partial charge on any atom is 0.147 e. The molecule has 21 heavy (non-hydrogen) atoms. The predicted molar refractivity (Wildman–Crippen MR) is 87.9 cm³/mol. The highest BCUT2D eigenvalue weighted by Gasteiger charge is 2.31. The number of fused-ring (bicyclic) bond motifs is 1. The van der Waals surface area contributed by atoms with Gasteiger partial charge in [0.1, 0.15) is 11.0 Å². The monoisotopic (exact) mass is 362 g/mol. The summed E-state index contributed by atoms with van der Waals surface area (Å²) in [6, 6.07) is 8.67. The lowest BCUT2D eigenvalue weighted by Gasteiger charge is -2.25. The first-order valence-corrected chi connectivity index (χ1v) is 8.72. The van der Waals surface area contributed by atoms with Crippen molar-refractivity contribution < 1.29 is 0 Å². The molecule has 1 atom stereocenters. The highest BCUT2D eigenvalue weighted by atomic mass is 79.9. The van der Waals surface area contributed by atoms with Crippen LogP contribution in [0.5, 0.6) is 0 Å². The van der Waals surface area contributed by atoms with Crippen molar-refractivity contribution in [3.63, 3.8) is 0 Å². The summed E-state index contributed by atoms with van der Waals surface area (Å²) in [4.78, 5) is 9.45. The van der Waals surface area contributed by atoms with Crippen molar-refractivity contribution in [3.8, 4) is 0 Å². The molecule has 0 amide bonds. The van der Waals surface area contributed by atoms with Gasteiger partial charge in [0.05, 0.1) is 10.2 Å². The van der Waals surface area contributed by atoms with Crippen molar-refractivity contribution in [1.82, 2.24) is 9.97 Å². The summed E-state index contributed by atoms with van der Waals surface area (Å²) >= 11 is 9.89. The lowest BCUT2D eigenvalue weighted by molar-refractivity contribution is 0.587. The lowest BCUT2D eigenvalue weighted by atomic mass is 9.82. The van der Waals surface area contributed by atoms with Crippen molar-refractivity contribution in [2.24, 2.45) is 0 Å². The van der Waals surface area contributed by atoms with E-state index in [0.29, 0.717) is 11.1 Å². The molecule has 0 bridgehead atoms. The van der Waals surface area contributed by atoms with Crippen LogP contribution in [0.15, 0.2) is 28.7 Å². The van der Waals surface area contributed by atoms with Crippen molar-refractivity contribution in [1.29, 1.82) is 0 Å². The Bertz CT molecular complexity index is 697. The molecular formula is C17H16BrClN2. The third kappa shape index (κ3) is 2.51. The van der Waals surface area contributed by atoms with E-state index in [1.54, 1.807) is 0 Å². The van der Waals surface area contributed by atoms with Gasteiger partial charge in [0.25, 0.3) is 0 Å². The minimum absolute atomic E-state index is 0.290. The maximum absolute atomic E-state index is 6.34. The first kappa shape index (κ1) is 13.7. The van der Waals surface area contributed by atoms with E-state index in [4.69, 9.17) is 16.6 Å². The summed E-state index contributed by atoms with van der Waals surface area (Å²) in [5.74, 6) is 1.76. The number of rotatable bonds is 2. The molecule has 1 heterocycles. The van der Waals surface area contributed by atoms with E-state index in [2.05, 4.69) is 45.2 Å². The molecule has 2 aliphatic carbocycles. The van der Waals surface area contributed by atoms with Crippen molar-refractivity contribution in [2.75, 3.05) is 0 Å². The van der Waals surface area contributed by atoms with E-state index >= 15 is 0 Å². The van der Waals surface area contributed by atoms with Gasteiger partial charge in [0, 0.05) is 11.8 Å². The molecule has 1 aromatic heterocycles. The molecule has 0 spiro atoms. The number of halogens is 2. The standard InChI is InChI=1S/C17H16BrClN2/c18-14-15(11-8-9-11)20-17(21-16(14)19)13-7-3-5-10-4-1-2-6-12(10)13/h1-2,4,6,11,13H,3,5,7-9H2. The Morgan fingerprint density at radius 1 is 1.10 bits per heavy atom. The third-order valence-electron chi connectivity index (χ3n) is 4.50. The van der Waals surface area contributed by atoms with Gasteiger partial charge in [-0.3, -0.25) is 0 Å². The molecule has 4 rings (SSSR count). The molecule has 2 aliphatic rings. The van der Waals surface area contributed by atoms with Crippen LogP contribution in [0, 0.1) is 0 Å². The molecular weight excluding hydrogens is 348 g/mol. The zero-order valence-electron chi connectivity index (χ0n) is 11.6. The highest BCUT2D eigenvalue weighted by Crippen LogP contribution is 2.45. The number of benzene rings is 1. The van der Waals surface area contributed by atoms with E-state index in [-0.39, 0.29) is 5.92 Å². The molecule has 1 unspecified atom stereocenters. The molecule has 4 heteroatoms. The van der Waals surface area contributed by atoms with Crippen LogP contribution in [-0.2, 0) is 6.42 Å². The Morgan fingerprint density at radius 2 is 1.90 bits per heavy atom. The van der Waals surface area contributed by atoms with Gasteiger partial charge in [-0.2, -0.15) is 0 Å². The Hall–Kier alpha value is -0.930. The lowest BCUT2D eigenvalue weighted by Crippen LogP contribution is -2.15. The fourth-order valence-corrected chi connectivity index (χ4v) is 3.94. The number of hydrogen-bond acceptors (Lipinski definition) is 2. The minimum Gasteiger partial charge on any atom is -0.236 e. The third-order valence-corrected chi connectivity index (χ3v) is 5.78. The Kier molecular flexibility index (Phi) is 3.50. The van der Waals surface area contributed by atoms with E-state index in [1.807, 2.05) is 0 Å². The van der Waals surface area contributed by atoms with Crippen molar-refractivity contribution in [2.45, 2.75) is 43.9 Å². The van der Waals surface area contributed by atoms with E-state index < -0.39 is 0 Å². The molecule has 0 radical (unpaired) electrons. The molecule has 1 saturated carbocycles. The summed E-state index contributed by atoms with van der Waals surface area (Å²) in [7, 11) is 0. The molecule has 0 aliphatic heterocycles. The largest absolute Gasteiger partial charge is 0.236 e. The van der Waals surface area contributed by atoms with Crippen molar-refractivity contribution in [3.05, 3.63) is 56.5 Å². The zero-order valence-corrected chi connectivity index (χ0v) is 14.0. The van der Waals surface area contributed by atoms with Crippen LogP contribution in [-0.4, -0.2) is 9.97 Å². The van der Waals surface area contributed by atoms with Crippen LogP contribution in [0.1, 0.15) is 60.2 Å². The summed E-state index contributed by atoms with van der Waals surface area (Å²) in [6.45, 7) is 0. The second kappa shape index (κ2) is 5.36. The minimum atomic E-state index is 0.290.